The molecular weight excluding hydrogens is 646 g/mol. The fraction of sp³-hybridized carbons (Fsp3) is 0.394. The lowest BCUT2D eigenvalue weighted by Crippen LogP contribution is -2.32. The fourth-order valence-corrected chi connectivity index (χ4v) is 5.79. The van der Waals surface area contributed by atoms with Crippen molar-refractivity contribution in [3.8, 4) is 0 Å². The van der Waals surface area contributed by atoms with E-state index in [1.807, 2.05) is 25.1 Å². The predicted octanol–water partition coefficient (Wildman–Crippen LogP) is 9.57. The van der Waals surface area contributed by atoms with Crippen molar-refractivity contribution in [3.05, 3.63) is 93.1 Å². The van der Waals surface area contributed by atoms with Crippen molar-refractivity contribution in [1.82, 2.24) is 9.97 Å². The summed E-state index contributed by atoms with van der Waals surface area (Å²) in [6, 6.07) is 13.2. The molecule has 232 valence electrons. The van der Waals surface area contributed by atoms with Gasteiger partial charge in [-0.2, -0.15) is 26.3 Å². The van der Waals surface area contributed by atoms with Gasteiger partial charge >= 0.3 is 12.4 Å². The second-order valence-corrected chi connectivity index (χ2v) is 12.9. The average molecular weight is 678 g/mol. The number of hydrogen-bond donors (Lipinski definition) is 0. The summed E-state index contributed by atoms with van der Waals surface area (Å²) < 4.78 is 83.0. The van der Waals surface area contributed by atoms with Crippen LogP contribution in [-0.4, -0.2) is 23.1 Å². The van der Waals surface area contributed by atoms with Gasteiger partial charge in [0.15, 0.2) is 0 Å². The van der Waals surface area contributed by atoms with Crippen molar-refractivity contribution >= 4 is 38.5 Å². The number of nitrogens with zero attached hydrogens (tertiary/aromatic N) is 4. The first-order valence-corrected chi connectivity index (χ1v) is 15.4. The topological polar surface area (TPSA) is 32.3 Å². The van der Waals surface area contributed by atoms with Crippen molar-refractivity contribution in [2.75, 3.05) is 22.9 Å². The number of anilines is 2. The molecule has 2 fully saturated rings. The number of fused-ring (bicyclic) bond motifs is 1. The maximum atomic E-state index is 13.7. The van der Waals surface area contributed by atoms with Gasteiger partial charge in [0, 0.05) is 47.8 Å². The number of para-hydroxylation sites is 1. The highest BCUT2D eigenvalue weighted by Crippen LogP contribution is 2.39. The number of hydrogen-bond acceptors (Lipinski definition) is 4. The molecule has 6 rings (SSSR count). The van der Waals surface area contributed by atoms with E-state index < -0.39 is 23.5 Å². The van der Waals surface area contributed by atoms with Crippen LogP contribution in [0.1, 0.15) is 53.5 Å². The third-order valence-electron chi connectivity index (χ3n) is 8.17. The van der Waals surface area contributed by atoms with Gasteiger partial charge in [0.05, 0.1) is 16.6 Å². The van der Waals surface area contributed by atoms with Gasteiger partial charge in [-0.15, -0.1) is 0 Å². The molecular formula is C33H31BrF6N4. The van der Waals surface area contributed by atoms with Gasteiger partial charge < -0.3 is 9.80 Å². The van der Waals surface area contributed by atoms with E-state index in [9.17, 15) is 26.3 Å². The summed E-state index contributed by atoms with van der Waals surface area (Å²) in [6.45, 7) is 3.71. The number of alkyl halides is 6. The minimum absolute atomic E-state index is 0.115. The zero-order valence-electron chi connectivity index (χ0n) is 24.0. The molecule has 0 spiro atoms. The van der Waals surface area contributed by atoms with Gasteiger partial charge in [-0.05, 0) is 108 Å². The first-order chi connectivity index (χ1) is 20.8. The Morgan fingerprint density at radius 3 is 1.98 bits per heavy atom. The van der Waals surface area contributed by atoms with Gasteiger partial charge in [0.25, 0.3) is 0 Å². The van der Waals surface area contributed by atoms with Gasteiger partial charge in [-0.3, -0.25) is 0 Å². The quantitative estimate of drug-likeness (QED) is 0.157. The van der Waals surface area contributed by atoms with E-state index in [1.54, 1.807) is 23.2 Å². The second kappa shape index (κ2) is 11.9. The van der Waals surface area contributed by atoms with Crippen LogP contribution in [0.5, 0.6) is 0 Å². The highest BCUT2D eigenvalue weighted by Gasteiger charge is 2.37. The molecule has 2 aliphatic carbocycles. The number of pyridine rings is 2. The molecule has 2 aliphatic rings. The molecule has 11 heteroatoms. The van der Waals surface area contributed by atoms with Crippen molar-refractivity contribution in [1.29, 1.82) is 0 Å². The molecule has 44 heavy (non-hydrogen) atoms. The predicted molar refractivity (Wildman–Crippen MR) is 162 cm³/mol. The van der Waals surface area contributed by atoms with E-state index >= 15 is 0 Å². The van der Waals surface area contributed by atoms with Crippen LogP contribution in [0.25, 0.3) is 10.9 Å². The van der Waals surface area contributed by atoms with Crippen molar-refractivity contribution in [2.45, 2.75) is 58.0 Å². The molecule has 2 saturated carbocycles. The van der Waals surface area contributed by atoms with Crippen LogP contribution in [0.4, 0.5) is 38.0 Å². The van der Waals surface area contributed by atoms with Crippen LogP contribution in [0.15, 0.2) is 65.3 Å². The summed E-state index contributed by atoms with van der Waals surface area (Å²) in [4.78, 5) is 13.7. The molecule has 0 amide bonds. The molecule has 2 heterocycles. The zero-order valence-corrected chi connectivity index (χ0v) is 25.6. The highest BCUT2D eigenvalue weighted by molar-refractivity contribution is 9.10. The molecule has 0 bridgehead atoms. The Bertz CT molecular complexity index is 1600. The molecule has 0 atom stereocenters. The normalized spacial score (nSPS) is 15.5. The lowest BCUT2D eigenvalue weighted by Gasteiger charge is -2.30. The molecule has 2 aromatic heterocycles. The van der Waals surface area contributed by atoms with E-state index in [0.29, 0.717) is 22.1 Å². The SMILES string of the molecule is Cc1cccc2cc(CN(Cc3cc(C(F)(F)F)cc(C(F)(F)F)c3)c3ccc(Br)cn3)c(N(CC3CC3)CC3CC3)nc12. The standard InChI is InChI=1S/C33H31BrF6N4/c1-20-3-2-4-24-13-25(31(42-30(20)24)44(16-21-5-6-21)17-22-7-8-22)19-43(29-10-9-28(34)15-41-29)18-23-11-26(32(35,36)37)14-27(12-23)33(38,39)40/h2-4,9-15,21-22H,5-8,16-19H2,1H3. The molecule has 0 saturated heterocycles. The van der Waals surface area contributed by atoms with Crippen molar-refractivity contribution < 1.29 is 26.3 Å². The molecule has 0 unspecified atom stereocenters. The summed E-state index contributed by atoms with van der Waals surface area (Å²) in [5.74, 6) is 2.41. The first kappa shape index (κ1) is 30.7. The minimum Gasteiger partial charge on any atom is -0.356 e. The Morgan fingerprint density at radius 1 is 0.795 bits per heavy atom. The summed E-state index contributed by atoms with van der Waals surface area (Å²) in [7, 11) is 0. The Kier molecular flexibility index (Phi) is 8.28. The number of aryl methyl sites for hydroxylation is 1. The summed E-state index contributed by atoms with van der Waals surface area (Å²) in [5, 5.41) is 0.920. The Labute approximate surface area is 260 Å². The van der Waals surface area contributed by atoms with Crippen LogP contribution in [0, 0.1) is 18.8 Å². The number of benzene rings is 2. The van der Waals surface area contributed by atoms with E-state index in [0.717, 1.165) is 78.8 Å². The third kappa shape index (κ3) is 7.30. The third-order valence-corrected chi connectivity index (χ3v) is 8.64. The first-order valence-electron chi connectivity index (χ1n) is 14.6. The highest BCUT2D eigenvalue weighted by atomic mass is 79.9. The van der Waals surface area contributed by atoms with E-state index in [1.165, 1.54) is 0 Å². The number of halogens is 7. The Hall–Kier alpha value is -3.34. The van der Waals surface area contributed by atoms with Gasteiger partial charge in [-0.1, -0.05) is 18.2 Å². The van der Waals surface area contributed by atoms with Crippen LogP contribution in [0.2, 0.25) is 0 Å². The van der Waals surface area contributed by atoms with Crippen molar-refractivity contribution in [2.24, 2.45) is 11.8 Å². The van der Waals surface area contributed by atoms with Crippen molar-refractivity contribution in [3.63, 3.8) is 0 Å². The summed E-state index contributed by atoms with van der Waals surface area (Å²) >= 11 is 3.37. The van der Waals surface area contributed by atoms with Crippen LogP contribution in [0.3, 0.4) is 0 Å². The second-order valence-electron chi connectivity index (χ2n) is 12.0. The largest absolute Gasteiger partial charge is 0.416 e. The van der Waals surface area contributed by atoms with Gasteiger partial charge in [0.1, 0.15) is 11.6 Å². The summed E-state index contributed by atoms with van der Waals surface area (Å²) in [6.07, 6.45) is -3.66. The van der Waals surface area contributed by atoms with Gasteiger partial charge in [0.2, 0.25) is 0 Å². The average Bonchev–Trinajstić information content (AvgIpc) is 3.89. The summed E-state index contributed by atoms with van der Waals surface area (Å²) in [5.41, 5.74) is -0.0377. The Morgan fingerprint density at radius 2 is 1.43 bits per heavy atom. The molecule has 4 aromatic rings. The van der Waals surface area contributed by atoms with E-state index in [4.69, 9.17) is 4.98 Å². The molecule has 0 radical (unpaired) electrons. The lowest BCUT2D eigenvalue weighted by molar-refractivity contribution is -0.143. The molecule has 0 aliphatic heterocycles. The van der Waals surface area contributed by atoms with Gasteiger partial charge in [-0.25, -0.2) is 9.97 Å². The smallest absolute Gasteiger partial charge is 0.356 e. The van der Waals surface area contributed by atoms with E-state index in [-0.39, 0.29) is 24.7 Å². The zero-order chi connectivity index (χ0) is 31.2. The Balaban J connectivity index is 1.45. The molecule has 4 nitrogen and oxygen atoms in total. The molecule has 0 N–H and O–H groups in total. The lowest BCUT2D eigenvalue weighted by atomic mass is 10.0. The van der Waals surface area contributed by atoms with Crippen LogP contribution >= 0.6 is 15.9 Å². The number of rotatable bonds is 10. The van der Waals surface area contributed by atoms with Crippen LogP contribution in [-0.2, 0) is 25.4 Å². The molecule has 2 aromatic carbocycles. The maximum Gasteiger partial charge on any atom is 0.416 e. The monoisotopic (exact) mass is 676 g/mol. The van der Waals surface area contributed by atoms with Crippen LogP contribution < -0.4 is 9.80 Å². The maximum absolute atomic E-state index is 13.7. The minimum atomic E-state index is -4.93. The fourth-order valence-electron chi connectivity index (χ4n) is 5.55. The van der Waals surface area contributed by atoms with E-state index in [2.05, 4.69) is 31.9 Å². The number of aromatic nitrogens is 2.